The number of benzene rings is 2. The number of nitrogen functional groups attached to an aromatic ring is 2. The Kier molecular flexibility index (Phi) is 6.20. The van der Waals surface area contributed by atoms with Crippen molar-refractivity contribution in [2.75, 3.05) is 23.9 Å². The van der Waals surface area contributed by atoms with Gasteiger partial charge in [-0.05, 0) is 23.8 Å². The maximum atomic E-state index is 9.48. The van der Waals surface area contributed by atoms with Crippen LogP contribution in [-0.4, -0.2) is 18.1 Å². The zero-order valence-electron chi connectivity index (χ0n) is 17.7. The molecule has 9 nitrogen and oxygen atoms in total. The molecular weight excluding hydrogens is 436 g/mol. The van der Waals surface area contributed by atoms with Gasteiger partial charge in [-0.1, -0.05) is 30.3 Å². The highest BCUT2D eigenvalue weighted by Crippen LogP contribution is 2.42. The van der Waals surface area contributed by atoms with Crippen molar-refractivity contribution in [3.63, 3.8) is 0 Å². The summed E-state index contributed by atoms with van der Waals surface area (Å²) in [4.78, 5) is 10.0. The molecule has 1 atom stereocenters. The van der Waals surface area contributed by atoms with Crippen molar-refractivity contribution in [2.24, 2.45) is 4.99 Å². The fourth-order valence-electron chi connectivity index (χ4n) is 3.55. The summed E-state index contributed by atoms with van der Waals surface area (Å²) in [5.74, 6) is 1.96. The minimum absolute atomic E-state index is 0.00377. The van der Waals surface area contributed by atoms with Crippen molar-refractivity contribution in [1.29, 1.82) is 10.5 Å². The zero-order valence-corrected chi connectivity index (χ0v) is 18.5. The van der Waals surface area contributed by atoms with Gasteiger partial charge in [0, 0.05) is 21.8 Å². The highest BCUT2D eigenvalue weighted by molar-refractivity contribution is 7.98. The lowest BCUT2D eigenvalue weighted by Gasteiger charge is -2.26. The molecule has 0 saturated carbocycles. The summed E-state index contributed by atoms with van der Waals surface area (Å²) in [6.45, 7) is 0. The second kappa shape index (κ2) is 9.39. The molecule has 0 aliphatic carbocycles. The molecule has 0 saturated heterocycles. The quantitative estimate of drug-likeness (QED) is 0.256. The Hall–Kier alpha value is -4.41. The van der Waals surface area contributed by atoms with E-state index in [1.54, 1.807) is 18.9 Å². The number of aromatic nitrogens is 1. The molecule has 33 heavy (non-hydrogen) atoms. The van der Waals surface area contributed by atoms with Crippen LogP contribution in [0.2, 0.25) is 0 Å². The van der Waals surface area contributed by atoms with E-state index in [9.17, 15) is 5.26 Å². The maximum absolute atomic E-state index is 9.48. The predicted octanol–water partition coefficient (Wildman–Crippen LogP) is 3.36. The summed E-state index contributed by atoms with van der Waals surface area (Å²) in [7, 11) is 1.61. The second-order valence-electron chi connectivity index (χ2n) is 7.07. The molecule has 0 fully saturated rings. The van der Waals surface area contributed by atoms with Gasteiger partial charge in [-0.3, -0.25) is 5.32 Å². The maximum Gasteiger partial charge on any atom is 0.211 e. The molecule has 0 amide bonds. The molecule has 1 unspecified atom stereocenters. The second-order valence-corrected chi connectivity index (χ2v) is 8.12. The van der Waals surface area contributed by atoms with E-state index in [4.69, 9.17) is 21.5 Å². The first-order valence-corrected chi connectivity index (χ1v) is 10.9. The topological polar surface area (TPSA) is 158 Å². The van der Waals surface area contributed by atoms with Crippen molar-refractivity contribution >= 4 is 35.0 Å². The molecule has 2 heterocycles. The monoisotopic (exact) mass is 456 g/mol. The van der Waals surface area contributed by atoms with Crippen LogP contribution in [0.25, 0.3) is 0 Å². The van der Waals surface area contributed by atoms with Gasteiger partial charge in [-0.15, -0.1) is 11.8 Å². The van der Waals surface area contributed by atoms with Gasteiger partial charge in [0.25, 0.3) is 0 Å². The molecule has 0 bridgehead atoms. The zero-order chi connectivity index (χ0) is 23.4. The first kappa shape index (κ1) is 21.8. The molecule has 10 heteroatoms. The lowest BCUT2D eigenvalue weighted by Crippen LogP contribution is -2.32. The lowest BCUT2D eigenvalue weighted by molar-refractivity contribution is 0.410. The third-order valence-corrected chi connectivity index (χ3v) is 6.18. The number of anilines is 3. The van der Waals surface area contributed by atoms with E-state index in [1.165, 1.54) is 0 Å². The standard InChI is InChI=1S/C23H20N8OS/c1-32-17-9-13(7-8-14(17)11-33-15-5-3-2-4-6-15)20-18-19(26)16(10-24)21(27)30-22(18)31-23(29-20)28-12-25/h2-9,20H,11H2,1H3,(H6,26,27,28,29,30,31). The molecule has 1 aromatic heterocycles. The van der Waals surface area contributed by atoms with Crippen LogP contribution in [0.5, 0.6) is 5.75 Å². The van der Waals surface area contributed by atoms with Crippen LogP contribution in [0.1, 0.15) is 28.3 Å². The summed E-state index contributed by atoms with van der Waals surface area (Å²) in [5.41, 5.74) is 14.8. The van der Waals surface area contributed by atoms with Crippen molar-refractivity contribution < 1.29 is 4.74 Å². The normalized spacial score (nSPS) is 14.2. The molecule has 0 spiro atoms. The van der Waals surface area contributed by atoms with Crippen LogP contribution in [0.3, 0.4) is 0 Å². The Bertz CT molecular complexity index is 1310. The average molecular weight is 457 g/mol. The Balaban J connectivity index is 1.74. The number of nitriles is 2. The number of fused-ring (bicyclic) bond motifs is 1. The number of methoxy groups -OCH3 is 1. The van der Waals surface area contributed by atoms with Gasteiger partial charge >= 0.3 is 0 Å². The number of thioether (sulfide) groups is 1. The van der Waals surface area contributed by atoms with Crippen molar-refractivity contribution in [2.45, 2.75) is 16.7 Å². The van der Waals surface area contributed by atoms with E-state index >= 15 is 0 Å². The average Bonchev–Trinajstić information content (AvgIpc) is 2.83. The van der Waals surface area contributed by atoms with Crippen molar-refractivity contribution in [3.8, 4) is 18.0 Å². The van der Waals surface area contributed by atoms with Gasteiger partial charge in [-0.2, -0.15) is 10.5 Å². The van der Waals surface area contributed by atoms with Crippen LogP contribution in [0, 0.1) is 22.8 Å². The molecule has 1 aliphatic heterocycles. The largest absolute Gasteiger partial charge is 0.496 e. The van der Waals surface area contributed by atoms with Crippen LogP contribution >= 0.6 is 11.8 Å². The highest BCUT2D eigenvalue weighted by atomic mass is 32.2. The minimum atomic E-state index is -0.623. The van der Waals surface area contributed by atoms with Crippen molar-refractivity contribution in [3.05, 3.63) is 70.8 Å². The summed E-state index contributed by atoms with van der Waals surface area (Å²) in [5, 5.41) is 24.0. The molecule has 2 aromatic carbocycles. The molecule has 164 valence electrons. The number of guanidine groups is 1. The van der Waals surface area contributed by atoms with Crippen LogP contribution in [0.15, 0.2) is 58.4 Å². The van der Waals surface area contributed by atoms with Gasteiger partial charge in [0.05, 0.1) is 12.8 Å². The van der Waals surface area contributed by atoms with E-state index in [0.29, 0.717) is 17.1 Å². The van der Waals surface area contributed by atoms with Gasteiger partial charge in [0.2, 0.25) is 5.96 Å². The van der Waals surface area contributed by atoms with E-state index in [0.717, 1.165) is 21.8 Å². The Morgan fingerprint density at radius 1 is 1.18 bits per heavy atom. The van der Waals surface area contributed by atoms with E-state index in [-0.39, 0.29) is 23.0 Å². The summed E-state index contributed by atoms with van der Waals surface area (Å²) in [6.07, 6.45) is 1.84. The van der Waals surface area contributed by atoms with Gasteiger partial charge in [0.15, 0.2) is 6.19 Å². The molecule has 0 radical (unpaired) electrons. The highest BCUT2D eigenvalue weighted by Gasteiger charge is 2.30. The van der Waals surface area contributed by atoms with Gasteiger partial charge in [-0.25, -0.2) is 9.98 Å². The van der Waals surface area contributed by atoms with E-state index < -0.39 is 6.04 Å². The number of ether oxygens (including phenoxy) is 1. The lowest BCUT2D eigenvalue weighted by atomic mass is 9.94. The molecule has 4 rings (SSSR count). The number of rotatable bonds is 5. The number of hydrogen-bond donors (Lipinski definition) is 4. The summed E-state index contributed by atoms with van der Waals surface area (Å²) < 4.78 is 5.66. The Labute approximate surface area is 195 Å². The smallest absolute Gasteiger partial charge is 0.211 e. The molecular formula is C23H20N8OS. The first-order valence-electron chi connectivity index (χ1n) is 9.89. The van der Waals surface area contributed by atoms with Crippen LogP contribution < -0.4 is 26.8 Å². The molecule has 6 N–H and O–H groups in total. The third-order valence-electron chi connectivity index (χ3n) is 5.12. The van der Waals surface area contributed by atoms with Crippen LogP contribution in [-0.2, 0) is 5.75 Å². The number of nitrogens with two attached hydrogens (primary N) is 2. The fraction of sp³-hybridized carbons (Fsp3) is 0.130. The van der Waals surface area contributed by atoms with Gasteiger partial charge in [0.1, 0.15) is 35.1 Å². The number of nitrogens with one attached hydrogen (secondary N) is 2. The molecule has 1 aliphatic rings. The van der Waals surface area contributed by atoms with Crippen molar-refractivity contribution in [1.82, 2.24) is 10.3 Å². The summed E-state index contributed by atoms with van der Waals surface area (Å²) >= 11 is 1.71. The van der Waals surface area contributed by atoms with E-state index in [1.807, 2.05) is 48.7 Å². The van der Waals surface area contributed by atoms with Crippen LogP contribution in [0.4, 0.5) is 17.3 Å². The Morgan fingerprint density at radius 3 is 2.67 bits per heavy atom. The summed E-state index contributed by atoms with van der Waals surface area (Å²) in [6, 6.07) is 17.3. The number of nitrogens with zero attached hydrogens (tertiary/aromatic N) is 4. The predicted molar refractivity (Wildman–Crippen MR) is 128 cm³/mol. The van der Waals surface area contributed by atoms with E-state index in [2.05, 4.69) is 32.7 Å². The number of hydrogen-bond acceptors (Lipinski definition) is 10. The number of aliphatic imine (C=N–C) groups is 1. The first-order chi connectivity index (χ1) is 16.0. The number of pyridine rings is 1. The fourth-order valence-corrected chi connectivity index (χ4v) is 4.46. The van der Waals surface area contributed by atoms with Gasteiger partial charge < -0.3 is 21.5 Å². The SMILES string of the molecule is COc1cc(C2N=C(NC#N)Nc3nc(N)c(C#N)c(N)c32)ccc1CSc1ccccc1. The molecule has 3 aromatic rings. The minimum Gasteiger partial charge on any atom is -0.496 e. The Morgan fingerprint density at radius 2 is 1.97 bits per heavy atom. The third kappa shape index (κ3) is 4.33.